The highest BCUT2D eigenvalue weighted by atomic mass is 16.5. The number of hydrogen-bond donors (Lipinski definition) is 1. The lowest BCUT2D eigenvalue weighted by atomic mass is 9.78. The number of benzene rings is 1. The lowest BCUT2D eigenvalue weighted by Crippen LogP contribution is -2.43. The van der Waals surface area contributed by atoms with Crippen LogP contribution in [-0.2, 0) is 19.7 Å². The van der Waals surface area contributed by atoms with Crippen molar-refractivity contribution in [3.05, 3.63) is 35.9 Å². The van der Waals surface area contributed by atoms with Crippen LogP contribution in [0.25, 0.3) is 0 Å². The van der Waals surface area contributed by atoms with Crippen molar-refractivity contribution in [2.45, 2.75) is 44.4 Å². The molecule has 1 aliphatic carbocycles. The van der Waals surface area contributed by atoms with Gasteiger partial charge in [0, 0.05) is 6.54 Å². The fourth-order valence-corrected chi connectivity index (χ4v) is 3.06. The first kappa shape index (κ1) is 15.5. The topological polar surface area (TPSA) is 55.4 Å². The summed E-state index contributed by atoms with van der Waals surface area (Å²) >= 11 is 0. The summed E-state index contributed by atoms with van der Waals surface area (Å²) in [5, 5.41) is 2.91. The molecule has 114 valence electrons. The van der Waals surface area contributed by atoms with E-state index in [1.54, 1.807) is 6.92 Å². The van der Waals surface area contributed by atoms with Gasteiger partial charge in [0.1, 0.15) is 0 Å². The van der Waals surface area contributed by atoms with Crippen molar-refractivity contribution in [3.63, 3.8) is 0 Å². The van der Waals surface area contributed by atoms with Gasteiger partial charge in [-0.05, 0) is 25.3 Å². The molecule has 1 amide bonds. The molecule has 0 heterocycles. The van der Waals surface area contributed by atoms with E-state index < -0.39 is 5.41 Å². The van der Waals surface area contributed by atoms with Crippen LogP contribution in [0.1, 0.15) is 44.6 Å². The minimum atomic E-state index is -0.421. The molecule has 1 N–H and O–H groups in total. The van der Waals surface area contributed by atoms with Gasteiger partial charge in [0.25, 0.3) is 0 Å². The first-order valence-electron chi connectivity index (χ1n) is 7.68. The van der Waals surface area contributed by atoms with Crippen LogP contribution in [0, 0.1) is 0 Å². The zero-order chi connectivity index (χ0) is 15.1. The van der Waals surface area contributed by atoms with Crippen molar-refractivity contribution in [2.75, 3.05) is 13.2 Å². The maximum atomic E-state index is 12.6. The number of hydrogen-bond acceptors (Lipinski definition) is 3. The van der Waals surface area contributed by atoms with Crippen molar-refractivity contribution in [3.8, 4) is 0 Å². The molecule has 1 aliphatic rings. The number of carbonyl (C=O) groups excluding carboxylic acids is 2. The first-order chi connectivity index (χ1) is 10.2. The van der Waals surface area contributed by atoms with Crippen LogP contribution in [0.3, 0.4) is 0 Å². The van der Waals surface area contributed by atoms with Gasteiger partial charge < -0.3 is 10.1 Å². The SMILES string of the molecule is CCOC(=O)CCNC(=O)C1(c2ccccc2)CCCC1. The van der Waals surface area contributed by atoms with Gasteiger partial charge in [-0.2, -0.15) is 0 Å². The second-order valence-corrected chi connectivity index (χ2v) is 5.47. The molecule has 0 atom stereocenters. The molecule has 0 unspecified atom stereocenters. The fourth-order valence-electron chi connectivity index (χ4n) is 3.06. The van der Waals surface area contributed by atoms with Gasteiger partial charge in [-0.1, -0.05) is 43.2 Å². The summed E-state index contributed by atoms with van der Waals surface area (Å²) in [5.74, 6) is -0.228. The van der Waals surface area contributed by atoms with Gasteiger partial charge in [-0.3, -0.25) is 9.59 Å². The third-order valence-electron chi connectivity index (χ3n) is 4.14. The molecular formula is C17H23NO3. The highest BCUT2D eigenvalue weighted by Gasteiger charge is 2.42. The van der Waals surface area contributed by atoms with E-state index in [1.807, 2.05) is 30.3 Å². The first-order valence-corrected chi connectivity index (χ1v) is 7.68. The third kappa shape index (κ3) is 3.63. The molecule has 21 heavy (non-hydrogen) atoms. The van der Waals surface area contributed by atoms with E-state index in [1.165, 1.54) is 0 Å². The van der Waals surface area contributed by atoms with Gasteiger partial charge in [0.15, 0.2) is 0 Å². The van der Waals surface area contributed by atoms with Crippen LogP contribution in [0.2, 0.25) is 0 Å². The molecule has 0 radical (unpaired) electrons. The average Bonchev–Trinajstić information content (AvgIpc) is 2.99. The molecule has 1 fully saturated rings. The Hall–Kier alpha value is -1.84. The van der Waals surface area contributed by atoms with Crippen LogP contribution in [0.4, 0.5) is 0 Å². The molecule has 0 aromatic heterocycles. The Balaban J connectivity index is 1.99. The number of amides is 1. The monoisotopic (exact) mass is 289 g/mol. The Bertz CT molecular complexity index is 478. The molecular weight excluding hydrogens is 266 g/mol. The minimum absolute atomic E-state index is 0.0375. The van der Waals surface area contributed by atoms with Gasteiger partial charge in [0.2, 0.25) is 5.91 Å². The van der Waals surface area contributed by atoms with Crippen LogP contribution in [-0.4, -0.2) is 25.0 Å². The third-order valence-corrected chi connectivity index (χ3v) is 4.14. The van der Waals surface area contributed by atoms with E-state index in [9.17, 15) is 9.59 Å². The van der Waals surface area contributed by atoms with Crippen molar-refractivity contribution in [1.82, 2.24) is 5.32 Å². The summed E-state index contributed by atoms with van der Waals surface area (Å²) in [6.07, 6.45) is 4.12. The second-order valence-electron chi connectivity index (χ2n) is 5.47. The minimum Gasteiger partial charge on any atom is -0.466 e. The quantitative estimate of drug-likeness (QED) is 0.819. The lowest BCUT2D eigenvalue weighted by Gasteiger charge is -2.28. The van der Waals surface area contributed by atoms with Crippen LogP contribution < -0.4 is 5.32 Å². The van der Waals surface area contributed by atoms with Crippen molar-refractivity contribution in [2.24, 2.45) is 0 Å². The Morgan fingerprint density at radius 3 is 2.48 bits per heavy atom. The molecule has 4 heteroatoms. The maximum absolute atomic E-state index is 12.6. The zero-order valence-corrected chi connectivity index (χ0v) is 12.6. The molecule has 4 nitrogen and oxygen atoms in total. The number of ether oxygens (including phenoxy) is 1. The second kappa shape index (κ2) is 7.25. The molecule has 2 rings (SSSR count). The summed E-state index contributed by atoms with van der Waals surface area (Å²) in [5.41, 5.74) is 0.659. The highest BCUT2D eigenvalue weighted by molar-refractivity contribution is 5.88. The van der Waals surface area contributed by atoms with Gasteiger partial charge in [-0.15, -0.1) is 0 Å². The summed E-state index contributed by atoms with van der Waals surface area (Å²) in [7, 11) is 0. The standard InChI is InChI=1S/C17H23NO3/c1-2-21-15(19)10-13-18-16(20)17(11-6-7-12-17)14-8-4-3-5-9-14/h3-5,8-9H,2,6-7,10-13H2,1H3,(H,18,20). The number of nitrogens with one attached hydrogen (secondary N) is 1. The Kier molecular flexibility index (Phi) is 5.37. The van der Waals surface area contributed by atoms with E-state index >= 15 is 0 Å². The molecule has 0 saturated heterocycles. The van der Waals surface area contributed by atoms with Crippen LogP contribution in [0.5, 0.6) is 0 Å². The van der Waals surface area contributed by atoms with Crippen LogP contribution in [0.15, 0.2) is 30.3 Å². The van der Waals surface area contributed by atoms with E-state index in [0.717, 1.165) is 31.2 Å². The number of esters is 1. The summed E-state index contributed by atoms with van der Waals surface area (Å²) in [4.78, 5) is 24.0. The smallest absolute Gasteiger partial charge is 0.307 e. The molecule has 0 aliphatic heterocycles. The van der Waals surface area contributed by atoms with E-state index in [-0.39, 0.29) is 18.3 Å². The molecule has 1 aromatic carbocycles. The number of carbonyl (C=O) groups is 2. The van der Waals surface area contributed by atoms with E-state index in [0.29, 0.717) is 13.2 Å². The predicted octanol–water partition coefficient (Wildman–Crippen LogP) is 2.57. The summed E-state index contributed by atoms with van der Waals surface area (Å²) in [6, 6.07) is 9.96. The Morgan fingerprint density at radius 1 is 1.19 bits per heavy atom. The van der Waals surface area contributed by atoms with E-state index in [4.69, 9.17) is 4.74 Å². The lowest BCUT2D eigenvalue weighted by molar-refractivity contribution is -0.143. The number of rotatable bonds is 6. The largest absolute Gasteiger partial charge is 0.466 e. The predicted molar refractivity (Wildman–Crippen MR) is 80.8 cm³/mol. The Labute approximate surface area is 125 Å². The normalized spacial score (nSPS) is 16.4. The average molecular weight is 289 g/mol. The van der Waals surface area contributed by atoms with Gasteiger partial charge in [-0.25, -0.2) is 0 Å². The Morgan fingerprint density at radius 2 is 1.86 bits per heavy atom. The van der Waals surface area contributed by atoms with Crippen LogP contribution >= 0.6 is 0 Å². The fraction of sp³-hybridized carbons (Fsp3) is 0.529. The molecule has 0 bridgehead atoms. The maximum Gasteiger partial charge on any atom is 0.307 e. The molecule has 1 saturated carbocycles. The summed E-state index contributed by atoms with van der Waals surface area (Å²) < 4.78 is 4.87. The van der Waals surface area contributed by atoms with Crippen molar-refractivity contribution < 1.29 is 14.3 Å². The van der Waals surface area contributed by atoms with Gasteiger partial charge in [0.05, 0.1) is 18.4 Å². The van der Waals surface area contributed by atoms with Crippen molar-refractivity contribution >= 4 is 11.9 Å². The molecule has 0 spiro atoms. The zero-order valence-electron chi connectivity index (χ0n) is 12.6. The highest BCUT2D eigenvalue weighted by Crippen LogP contribution is 2.41. The molecule has 1 aromatic rings. The van der Waals surface area contributed by atoms with Gasteiger partial charge >= 0.3 is 5.97 Å². The van der Waals surface area contributed by atoms with E-state index in [2.05, 4.69) is 5.32 Å². The van der Waals surface area contributed by atoms with Crippen molar-refractivity contribution in [1.29, 1.82) is 0 Å². The summed E-state index contributed by atoms with van der Waals surface area (Å²) in [6.45, 7) is 2.49.